The number of carbonyl (C=O) groups excluding carboxylic acids is 1. The van der Waals surface area contributed by atoms with Crippen LogP contribution in [0.15, 0.2) is 24.3 Å². The highest BCUT2D eigenvalue weighted by molar-refractivity contribution is 5.77. The summed E-state index contributed by atoms with van der Waals surface area (Å²) in [6.45, 7) is 2.70. The maximum atomic E-state index is 12.9. The highest BCUT2D eigenvalue weighted by Gasteiger charge is 2.19. The molecule has 0 radical (unpaired) electrons. The van der Waals surface area contributed by atoms with Crippen LogP contribution in [0, 0.1) is 11.7 Å². The van der Waals surface area contributed by atoms with Crippen LogP contribution in [0.2, 0.25) is 0 Å². The molecule has 1 amide bonds. The molecule has 1 saturated heterocycles. The third-order valence-corrected chi connectivity index (χ3v) is 3.24. The van der Waals surface area contributed by atoms with Crippen LogP contribution in [0.1, 0.15) is 6.42 Å². The summed E-state index contributed by atoms with van der Waals surface area (Å²) >= 11 is 0. The molecular formula is C14H19FN2O2. The number of nitrogens with one attached hydrogen (secondary N) is 1. The first-order chi connectivity index (χ1) is 9.13. The quantitative estimate of drug-likeness (QED) is 0.872. The van der Waals surface area contributed by atoms with E-state index in [4.69, 9.17) is 4.74 Å². The lowest BCUT2D eigenvalue weighted by Crippen LogP contribution is -2.33. The van der Waals surface area contributed by atoms with Gasteiger partial charge in [0.25, 0.3) is 5.91 Å². The molecule has 4 nitrogen and oxygen atoms in total. The lowest BCUT2D eigenvalue weighted by molar-refractivity contribution is -0.123. The highest BCUT2D eigenvalue weighted by Crippen LogP contribution is 2.13. The Bertz CT molecular complexity index is 439. The Morgan fingerprint density at radius 1 is 1.58 bits per heavy atom. The van der Waals surface area contributed by atoms with Crippen LogP contribution in [0.25, 0.3) is 0 Å². The number of hydrogen-bond acceptors (Lipinski definition) is 3. The van der Waals surface area contributed by atoms with E-state index in [1.807, 2.05) is 0 Å². The number of ether oxygens (including phenoxy) is 1. The number of hydrogen-bond donors (Lipinski definition) is 1. The topological polar surface area (TPSA) is 41.6 Å². The van der Waals surface area contributed by atoms with Gasteiger partial charge in [-0.3, -0.25) is 4.79 Å². The summed E-state index contributed by atoms with van der Waals surface area (Å²) < 4.78 is 18.1. The van der Waals surface area contributed by atoms with Crippen LogP contribution < -0.4 is 10.1 Å². The van der Waals surface area contributed by atoms with E-state index in [0.717, 1.165) is 19.5 Å². The normalized spacial score (nSPS) is 19.4. The minimum absolute atomic E-state index is 0.0774. The average molecular weight is 266 g/mol. The Hall–Kier alpha value is -1.62. The second-order valence-electron chi connectivity index (χ2n) is 4.97. The van der Waals surface area contributed by atoms with Crippen molar-refractivity contribution >= 4 is 5.91 Å². The van der Waals surface area contributed by atoms with Gasteiger partial charge in [-0.05, 0) is 38.1 Å². The van der Waals surface area contributed by atoms with Gasteiger partial charge in [0, 0.05) is 19.2 Å². The van der Waals surface area contributed by atoms with Crippen molar-refractivity contribution in [2.24, 2.45) is 5.92 Å². The van der Waals surface area contributed by atoms with E-state index in [-0.39, 0.29) is 18.3 Å². The molecule has 1 aliphatic heterocycles. The second-order valence-corrected chi connectivity index (χ2v) is 4.97. The molecule has 1 fully saturated rings. The summed E-state index contributed by atoms with van der Waals surface area (Å²) in [5.74, 6) is 0.351. The van der Waals surface area contributed by atoms with Gasteiger partial charge in [0.05, 0.1) is 0 Å². The van der Waals surface area contributed by atoms with Crippen molar-refractivity contribution in [3.05, 3.63) is 30.1 Å². The van der Waals surface area contributed by atoms with E-state index >= 15 is 0 Å². The summed E-state index contributed by atoms with van der Waals surface area (Å²) in [5.41, 5.74) is 0. The standard InChI is InChI=1S/C14H19FN2O2/c1-17-6-5-11(9-17)8-16-14(18)10-19-13-4-2-3-12(15)7-13/h2-4,7,11H,5-6,8-10H2,1H3,(H,16,18). The van der Waals surface area contributed by atoms with Crippen molar-refractivity contribution in [1.29, 1.82) is 0 Å². The first-order valence-electron chi connectivity index (χ1n) is 6.47. The van der Waals surface area contributed by atoms with Gasteiger partial charge in [-0.1, -0.05) is 6.07 Å². The lowest BCUT2D eigenvalue weighted by Gasteiger charge is -2.12. The predicted octanol–water partition coefficient (Wildman–Crippen LogP) is 1.27. The number of amides is 1. The van der Waals surface area contributed by atoms with Gasteiger partial charge >= 0.3 is 0 Å². The van der Waals surface area contributed by atoms with Crippen LogP contribution >= 0.6 is 0 Å². The van der Waals surface area contributed by atoms with Gasteiger partial charge in [-0.25, -0.2) is 4.39 Å². The summed E-state index contributed by atoms with van der Waals surface area (Å²) in [7, 11) is 2.08. The zero-order valence-electron chi connectivity index (χ0n) is 11.1. The molecule has 1 heterocycles. The molecule has 0 bridgehead atoms. The molecule has 5 heteroatoms. The molecule has 2 rings (SSSR count). The molecule has 0 saturated carbocycles. The molecule has 1 aliphatic rings. The van der Waals surface area contributed by atoms with Crippen molar-refractivity contribution < 1.29 is 13.9 Å². The fraction of sp³-hybridized carbons (Fsp3) is 0.500. The Kier molecular flexibility index (Phi) is 4.74. The fourth-order valence-corrected chi connectivity index (χ4v) is 2.21. The third kappa shape index (κ3) is 4.52. The Labute approximate surface area is 112 Å². The van der Waals surface area contributed by atoms with Gasteiger partial charge in [0.2, 0.25) is 0 Å². The van der Waals surface area contributed by atoms with Crippen molar-refractivity contribution in [2.75, 3.05) is 33.3 Å². The van der Waals surface area contributed by atoms with Crippen molar-refractivity contribution in [2.45, 2.75) is 6.42 Å². The van der Waals surface area contributed by atoms with Crippen LogP contribution in [0.5, 0.6) is 5.75 Å². The van der Waals surface area contributed by atoms with Gasteiger partial charge in [-0.2, -0.15) is 0 Å². The van der Waals surface area contributed by atoms with Gasteiger partial charge in [-0.15, -0.1) is 0 Å². The summed E-state index contributed by atoms with van der Waals surface area (Å²) in [5, 5.41) is 2.85. The fourth-order valence-electron chi connectivity index (χ4n) is 2.21. The number of benzene rings is 1. The third-order valence-electron chi connectivity index (χ3n) is 3.24. The molecular weight excluding hydrogens is 247 g/mol. The second kappa shape index (κ2) is 6.52. The Balaban J connectivity index is 1.67. The van der Waals surface area contributed by atoms with E-state index in [0.29, 0.717) is 18.2 Å². The van der Waals surface area contributed by atoms with Gasteiger partial charge < -0.3 is 15.0 Å². The maximum absolute atomic E-state index is 12.9. The number of carbonyl (C=O) groups is 1. The Morgan fingerprint density at radius 2 is 2.42 bits per heavy atom. The predicted molar refractivity (Wildman–Crippen MR) is 70.5 cm³/mol. The number of rotatable bonds is 5. The minimum atomic E-state index is -0.369. The molecule has 0 spiro atoms. The van der Waals surface area contributed by atoms with E-state index in [1.54, 1.807) is 12.1 Å². The molecule has 1 unspecified atom stereocenters. The van der Waals surface area contributed by atoms with Crippen molar-refractivity contribution in [3.63, 3.8) is 0 Å². The first kappa shape index (κ1) is 13.8. The number of likely N-dealkylation sites (tertiary alicyclic amines) is 1. The highest BCUT2D eigenvalue weighted by atomic mass is 19.1. The zero-order chi connectivity index (χ0) is 13.7. The number of nitrogens with zero attached hydrogens (tertiary/aromatic N) is 1. The summed E-state index contributed by atoms with van der Waals surface area (Å²) in [4.78, 5) is 13.8. The molecule has 1 aromatic rings. The average Bonchev–Trinajstić information content (AvgIpc) is 2.80. The monoisotopic (exact) mass is 266 g/mol. The minimum Gasteiger partial charge on any atom is -0.484 e. The van der Waals surface area contributed by atoms with Gasteiger partial charge in [0.15, 0.2) is 6.61 Å². The van der Waals surface area contributed by atoms with Crippen LogP contribution in [-0.4, -0.2) is 44.1 Å². The Morgan fingerprint density at radius 3 is 3.11 bits per heavy atom. The van der Waals surface area contributed by atoms with E-state index in [1.165, 1.54) is 12.1 Å². The molecule has 104 valence electrons. The summed E-state index contributed by atoms with van der Waals surface area (Å²) in [6.07, 6.45) is 1.11. The SMILES string of the molecule is CN1CCC(CNC(=O)COc2cccc(F)c2)C1. The molecule has 0 aromatic heterocycles. The van der Waals surface area contributed by atoms with Gasteiger partial charge in [0.1, 0.15) is 11.6 Å². The molecule has 1 aromatic carbocycles. The summed E-state index contributed by atoms with van der Waals surface area (Å²) in [6, 6.07) is 5.78. The molecule has 0 aliphatic carbocycles. The zero-order valence-corrected chi connectivity index (χ0v) is 11.1. The maximum Gasteiger partial charge on any atom is 0.257 e. The number of halogens is 1. The van der Waals surface area contributed by atoms with Crippen LogP contribution in [0.4, 0.5) is 4.39 Å². The first-order valence-corrected chi connectivity index (χ1v) is 6.47. The largest absolute Gasteiger partial charge is 0.484 e. The molecule has 1 N–H and O–H groups in total. The smallest absolute Gasteiger partial charge is 0.257 e. The van der Waals surface area contributed by atoms with E-state index in [9.17, 15) is 9.18 Å². The van der Waals surface area contributed by atoms with Crippen LogP contribution in [-0.2, 0) is 4.79 Å². The van der Waals surface area contributed by atoms with E-state index in [2.05, 4.69) is 17.3 Å². The lowest BCUT2D eigenvalue weighted by atomic mass is 10.1. The molecule has 19 heavy (non-hydrogen) atoms. The van der Waals surface area contributed by atoms with E-state index < -0.39 is 0 Å². The van der Waals surface area contributed by atoms with Crippen molar-refractivity contribution in [3.8, 4) is 5.75 Å². The van der Waals surface area contributed by atoms with Crippen LogP contribution in [0.3, 0.4) is 0 Å². The molecule has 1 atom stereocenters. The van der Waals surface area contributed by atoms with Crippen molar-refractivity contribution in [1.82, 2.24) is 10.2 Å².